The summed E-state index contributed by atoms with van der Waals surface area (Å²) >= 11 is 9.74. The number of piperidine rings is 1. The SMILES string of the molecule is NC(=O)C1CCN(C(=O)CN2C(=O)N(c3cccc(Cl)c3)C(=O)C3CC(Br)CCC32)CC1. The van der Waals surface area contributed by atoms with E-state index in [0.29, 0.717) is 49.5 Å². The Morgan fingerprint density at radius 3 is 2.50 bits per heavy atom. The van der Waals surface area contributed by atoms with Gasteiger partial charge in [0.15, 0.2) is 0 Å². The first-order valence-corrected chi connectivity index (χ1v) is 12.2. The van der Waals surface area contributed by atoms with E-state index < -0.39 is 11.9 Å². The molecule has 8 nitrogen and oxygen atoms in total. The molecule has 2 N–H and O–H groups in total. The van der Waals surface area contributed by atoms with Gasteiger partial charge in [-0.15, -0.1) is 0 Å². The van der Waals surface area contributed by atoms with Crippen molar-refractivity contribution in [3.63, 3.8) is 0 Å². The van der Waals surface area contributed by atoms with Crippen molar-refractivity contribution in [3.8, 4) is 0 Å². The molecule has 2 saturated heterocycles. The number of alkyl halides is 1. The molecule has 2 heterocycles. The number of primary amides is 1. The van der Waals surface area contributed by atoms with Gasteiger partial charge in [-0.2, -0.15) is 0 Å². The first kappa shape index (κ1) is 23.0. The Labute approximate surface area is 200 Å². The van der Waals surface area contributed by atoms with E-state index in [1.54, 1.807) is 34.1 Å². The van der Waals surface area contributed by atoms with Crippen LogP contribution in [0.2, 0.25) is 5.02 Å². The lowest BCUT2D eigenvalue weighted by Gasteiger charge is -2.47. The summed E-state index contributed by atoms with van der Waals surface area (Å²) in [5.74, 6) is -1.38. The van der Waals surface area contributed by atoms with Crippen molar-refractivity contribution in [1.29, 1.82) is 0 Å². The van der Waals surface area contributed by atoms with Crippen LogP contribution in [0.1, 0.15) is 32.1 Å². The van der Waals surface area contributed by atoms with E-state index in [1.807, 2.05) is 0 Å². The molecule has 0 radical (unpaired) electrons. The molecule has 1 aliphatic carbocycles. The van der Waals surface area contributed by atoms with Crippen LogP contribution in [0.5, 0.6) is 0 Å². The third-order valence-corrected chi connectivity index (χ3v) is 7.81. The predicted octanol–water partition coefficient (Wildman–Crippen LogP) is 2.76. The Kier molecular flexibility index (Phi) is 6.76. The molecule has 3 aliphatic rings. The summed E-state index contributed by atoms with van der Waals surface area (Å²) in [4.78, 5) is 55.9. The van der Waals surface area contributed by atoms with Crippen LogP contribution in [0.4, 0.5) is 10.5 Å². The van der Waals surface area contributed by atoms with Gasteiger partial charge in [0.25, 0.3) is 0 Å². The van der Waals surface area contributed by atoms with Gasteiger partial charge in [-0.25, -0.2) is 9.69 Å². The van der Waals surface area contributed by atoms with Crippen LogP contribution >= 0.6 is 27.5 Å². The Bertz CT molecular complexity index is 936. The maximum atomic E-state index is 13.5. The highest BCUT2D eigenvalue weighted by atomic mass is 79.9. The molecule has 32 heavy (non-hydrogen) atoms. The normalized spacial score (nSPS) is 26.8. The summed E-state index contributed by atoms with van der Waals surface area (Å²) in [6.45, 7) is 0.768. The van der Waals surface area contributed by atoms with Gasteiger partial charge in [0.1, 0.15) is 6.54 Å². The highest BCUT2D eigenvalue weighted by Gasteiger charge is 2.49. The summed E-state index contributed by atoms with van der Waals surface area (Å²) in [5.41, 5.74) is 5.79. The van der Waals surface area contributed by atoms with Gasteiger partial charge in [-0.3, -0.25) is 14.4 Å². The molecule has 1 aromatic carbocycles. The van der Waals surface area contributed by atoms with Crippen molar-refractivity contribution in [1.82, 2.24) is 9.80 Å². The van der Waals surface area contributed by atoms with Crippen LogP contribution in [0.25, 0.3) is 0 Å². The second kappa shape index (κ2) is 9.39. The number of carbonyl (C=O) groups excluding carboxylic acids is 4. The minimum Gasteiger partial charge on any atom is -0.369 e. The van der Waals surface area contributed by atoms with E-state index in [9.17, 15) is 19.2 Å². The van der Waals surface area contributed by atoms with E-state index in [2.05, 4.69) is 15.9 Å². The van der Waals surface area contributed by atoms with Crippen molar-refractivity contribution in [2.75, 3.05) is 24.5 Å². The quantitative estimate of drug-likeness (QED) is 0.610. The summed E-state index contributed by atoms with van der Waals surface area (Å²) in [7, 11) is 0. The van der Waals surface area contributed by atoms with Gasteiger partial charge in [-0.05, 0) is 50.3 Å². The number of amides is 5. The molecule has 10 heteroatoms. The molecule has 1 aromatic rings. The maximum Gasteiger partial charge on any atom is 0.332 e. The summed E-state index contributed by atoms with van der Waals surface area (Å²) in [6.07, 6.45) is 3.13. The van der Waals surface area contributed by atoms with Crippen LogP contribution in [0, 0.1) is 11.8 Å². The molecule has 3 atom stereocenters. The Morgan fingerprint density at radius 2 is 1.84 bits per heavy atom. The van der Waals surface area contributed by atoms with Crippen molar-refractivity contribution >= 4 is 57.0 Å². The molecule has 5 amide bonds. The largest absolute Gasteiger partial charge is 0.369 e. The van der Waals surface area contributed by atoms with E-state index in [1.165, 1.54) is 0 Å². The minimum absolute atomic E-state index is 0.0987. The van der Waals surface area contributed by atoms with Gasteiger partial charge in [0, 0.05) is 34.9 Å². The lowest BCUT2D eigenvalue weighted by atomic mass is 9.81. The molecular weight excluding hydrogens is 500 g/mol. The van der Waals surface area contributed by atoms with Gasteiger partial charge < -0.3 is 15.5 Å². The third kappa shape index (κ3) is 4.50. The number of fused-ring (bicyclic) bond motifs is 1. The number of hydrogen-bond acceptors (Lipinski definition) is 4. The molecule has 2 aliphatic heterocycles. The molecule has 1 saturated carbocycles. The van der Waals surface area contributed by atoms with Crippen molar-refractivity contribution in [3.05, 3.63) is 29.3 Å². The van der Waals surface area contributed by atoms with Crippen molar-refractivity contribution in [2.45, 2.75) is 43.0 Å². The van der Waals surface area contributed by atoms with E-state index >= 15 is 0 Å². The monoisotopic (exact) mass is 524 g/mol. The molecule has 0 spiro atoms. The van der Waals surface area contributed by atoms with Crippen LogP contribution in [0.3, 0.4) is 0 Å². The first-order chi connectivity index (χ1) is 15.3. The fourth-order valence-corrected chi connectivity index (χ4v) is 5.82. The molecule has 172 valence electrons. The predicted molar refractivity (Wildman–Crippen MR) is 123 cm³/mol. The van der Waals surface area contributed by atoms with Gasteiger partial charge in [-0.1, -0.05) is 33.6 Å². The number of rotatable bonds is 4. The van der Waals surface area contributed by atoms with Crippen LogP contribution < -0.4 is 10.6 Å². The van der Waals surface area contributed by atoms with Gasteiger partial charge in [0.2, 0.25) is 17.7 Å². The smallest absolute Gasteiger partial charge is 0.332 e. The number of nitrogens with zero attached hydrogens (tertiary/aromatic N) is 3. The minimum atomic E-state index is -0.494. The molecule has 0 aromatic heterocycles. The lowest BCUT2D eigenvalue weighted by Crippen LogP contribution is -2.65. The highest BCUT2D eigenvalue weighted by Crippen LogP contribution is 2.39. The van der Waals surface area contributed by atoms with Crippen molar-refractivity contribution < 1.29 is 19.2 Å². The number of carbonyl (C=O) groups is 4. The Morgan fingerprint density at radius 1 is 1.12 bits per heavy atom. The van der Waals surface area contributed by atoms with Crippen LogP contribution in [0.15, 0.2) is 24.3 Å². The summed E-state index contributed by atoms with van der Waals surface area (Å²) in [5, 5.41) is 0.423. The number of likely N-dealkylation sites (tertiary alicyclic amines) is 1. The standard InChI is InChI=1S/C22H26BrClN4O4/c23-14-4-5-18-17(10-14)21(31)28(16-3-1-2-15(24)11-16)22(32)27(18)12-19(29)26-8-6-13(7-9-26)20(25)30/h1-3,11,13-14,17-18H,4-10,12H2,(H2,25,30). The number of imide groups is 1. The molecule has 4 rings (SSSR count). The first-order valence-electron chi connectivity index (χ1n) is 10.9. The molecule has 3 fully saturated rings. The van der Waals surface area contributed by atoms with Crippen LogP contribution in [-0.2, 0) is 14.4 Å². The average Bonchev–Trinajstić information content (AvgIpc) is 2.77. The second-order valence-electron chi connectivity index (χ2n) is 8.71. The summed E-state index contributed by atoms with van der Waals surface area (Å²) < 4.78 is 0. The zero-order valence-electron chi connectivity index (χ0n) is 17.6. The Balaban J connectivity index is 1.56. The fraction of sp³-hybridized carbons (Fsp3) is 0.545. The zero-order valence-corrected chi connectivity index (χ0v) is 19.9. The molecule has 3 unspecified atom stereocenters. The third-order valence-electron chi connectivity index (χ3n) is 6.75. The van der Waals surface area contributed by atoms with Gasteiger partial charge >= 0.3 is 6.03 Å². The topological polar surface area (TPSA) is 104 Å². The molecular formula is C22H26BrClN4O4. The van der Waals surface area contributed by atoms with E-state index in [4.69, 9.17) is 17.3 Å². The molecule has 0 bridgehead atoms. The average molecular weight is 526 g/mol. The number of anilines is 1. The number of halogens is 2. The maximum absolute atomic E-state index is 13.5. The van der Waals surface area contributed by atoms with Crippen LogP contribution in [-0.4, -0.2) is 64.1 Å². The summed E-state index contributed by atoms with van der Waals surface area (Å²) in [6, 6.07) is 5.82. The number of hydrogen-bond donors (Lipinski definition) is 1. The highest BCUT2D eigenvalue weighted by molar-refractivity contribution is 9.09. The second-order valence-corrected chi connectivity index (χ2v) is 10.4. The van der Waals surface area contributed by atoms with Crippen molar-refractivity contribution in [2.24, 2.45) is 17.6 Å². The zero-order chi connectivity index (χ0) is 23.0. The van der Waals surface area contributed by atoms with E-state index in [-0.39, 0.29) is 41.1 Å². The number of nitrogens with two attached hydrogens (primary N) is 1. The number of benzene rings is 1. The van der Waals surface area contributed by atoms with E-state index in [0.717, 1.165) is 11.3 Å². The number of urea groups is 1. The fourth-order valence-electron chi connectivity index (χ4n) is 4.97. The lowest BCUT2D eigenvalue weighted by molar-refractivity contribution is -0.137. The Hall–Kier alpha value is -2.13. The van der Waals surface area contributed by atoms with Gasteiger partial charge in [0.05, 0.1) is 11.6 Å².